The molecule has 0 aromatic heterocycles. The maximum atomic E-state index is 13.2. The van der Waals surface area contributed by atoms with E-state index in [1.165, 1.54) is 19.2 Å². The highest BCUT2D eigenvalue weighted by molar-refractivity contribution is 6.00. The first-order valence-corrected chi connectivity index (χ1v) is 6.21. The number of rotatable bonds is 2. The van der Waals surface area contributed by atoms with E-state index < -0.39 is 40.9 Å². The molecule has 1 saturated heterocycles. The van der Waals surface area contributed by atoms with Crippen molar-refractivity contribution in [3.8, 4) is 0 Å². The number of imide groups is 1. The fraction of sp³-hybridized carbons (Fsp3) is 0.667. The van der Waals surface area contributed by atoms with Gasteiger partial charge in [0.2, 0.25) is 0 Å². The van der Waals surface area contributed by atoms with Gasteiger partial charge >= 0.3 is 6.03 Å². The average molecular weight is 289 g/mol. The zero-order valence-electron chi connectivity index (χ0n) is 11.1. The van der Waals surface area contributed by atoms with Crippen LogP contribution in [0.2, 0.25) is 0 Å². The quantitative estimate of drug-likeness (QED) is 0.590. The summed E-state index contributed by atoms with van der Waals surface area (Å²) in [5.41, 5.74) is -2.98. The molecule has 3 atom stereocenters. The molecule has 0 aliphatic carbocycles. The lowest BCUT2D eigenvalue weighted by Crippen LogP contribution is -2.61. The van der Waals surface area contributed by atoms with Gasteiger partial charge in [-0.3, -0.25) is 4.79 Å². The van der Waals surface area contributed by atoms with Crippen LogP contribution in [-0.2, 0) is 9.53 Å². The Labute approximate surface area is 115 Å². The van der Waals surface area contributed by atoms with Crippen LogP contribution in [0.25, 0.3) is 0 Å². The summed E-state index contributed by atoms with van der Waals surface area (Å²) in [6.07, 6.45) is 2.34. The number of hydrogen-bond acceptors (Lipinski definition) is 5. The van der Waals surface area contributed by atoms with Crippen LogP contribution >= 0.6 is 0 Å². The first kappa shape index (κ1) is 15.0. The maximum Gasteiger partial charge on any atom is 0.430 e. The molecule has 1 spiro atoms. The molecule has 2 aliphatic heterocycles. The number of alkyl halides is 1. The third-order valence-corrected chi connectivity index (χ3v) is 3.60. The van der Waals surface area contributed by atoms with Crippen molar-refractivity contribution in [1.29, 1.82) is 0 Å². The Balaban J connectivity index is 2.37. The Bertz CT molecular complexity index is 461. The van der Waals surface area contributed by atoms with Crippen LogP contribution in [0.5, 0.6) is 0 Å². The predicted molar refractivity (Wildman–Crippen MR) is 64.8 cm³/mol. The van der Waals surface area contributed by atoms with Crippen LogP contribution < -0.4 is 5.32 Å². The Morgan fingerprint density at radius 2 is 2.25 bits per heavy atom. The van der Waals surface area contributed by atoms with Gasteiger partial charge in [0.25, 0.3) is 5.91 Å². The summed E-state index contributed by atoms with van der Waals surface area (Å²) in [5.74, 6) is -0.554. The molecule has 2 heterocycles. The number of nitrogens with one attached hydrogen (secondary N) is 1. The molecule has 0 aromatic rings. The normalized spacial score (nSPS) is 41.6. The largest absolute Gasteiger partial charge is 0.430 e. The zero-order chi connectivity index (χ0) is 15.0. The minimum absolute atomic E-state index is 0.0790. The molecule has 0 saturated carbocycles. The van der Waals surface area contributed by atoms with Gasteiger partial charge in [0.05, 0.1) is 12.7 Å². The number of quaternary nitrogens is 1. The van der Waals surface area contributed by atoms with Crippen molar-refractivity contribution in [1.82, 2.24) is 5.32 Å². The van der Waals surface area contributed by atoms with Crippen LogP contribution in [0.3, 0.4) is 0 Å². The predicted octanol–water partition coefficient (Wildman–Crippen LogP) is -0.604. The summed E-state index contributed by atoms with van der Waals surface area (Å²) < 4.78 is 18.1. The number of urea groups is 1. The van der Waals surface area contributed by atoms with Crippen molar-refractivity contribution in [2.45, 2.75) is 24.5 Å². The van der Waals surface area contributed by atoms with E-state index in [0.717, 1.165) is 0 Å². The average Bonchev–Trinajstić information content (AvgIpc) is 2.50. The Morgan fingerprint density at radius 1 is 1.55 bits per heavy atom. The van der Waals surface area contributed by atoms with Gasteiger partial charge in [-0.25, -0.2) is 14.5 Å². The number of carbonyl (C=O) groups excluding carboxylic acids is 2. The van der Waals surface area contributed by atoms with Gasteiger partial charge < -0.3 is 14.9 Å². The third kappa shape index (κ3) is 2.59. The van der Waals surface area contributed by atoms with E-state index in [4.69, 9.17) is 4.74 Å². The number of carbonyl (C=O) groups is 2. The first-order chi connectivity index (χ1) is 9.26. The van der Waals surface area contributed by atoms with E-state index in [-0.39, 0.29) is 19.7 Å². The van der Waals surface area contributed by atoms with E-state index in [1.54, 1.807) is 0 Å². The highest BCUT2D eigenvalue weighted by atomic mass is 19.1. The van der Waals surface area contributed by atoms with Crippen molar-refractivity contribution < 1.29 is 33.4 Å². The van der Waals surface area contributed by atoms with Gasteiger partial charge in [-0.05, 0) is 6.92 Å². The number of ether oxygens (including phenoxy) is 1. The minimum atomic E-state index is -1.54. The van der Waals surface area contributed by atoms with Crippen molar-refractivity contribution in [2.75, 3.05) is 26.6 Å². The fourth-order valence-corrected chi connectivity index (χ4v) is 2.70. The van der Waals surface area contributed by atoms with Gasteiger partial charge in [0.15, 0.2) is 6.73 Å². The highest BCUT2D eigenvalue weighted by Gasteiger charge is 2.53. The van der Waals surface area contributed by atoms with Gasteiger partial charge in [-0.15, -0.1) is 0 Å². The fourth-order valence-electron chi connectivity index (χ4n) is 2.70. The topological polar surface area (TPSA) is 95.9 Å². The molecule has 0 radical (unpaired) electrons. The Morgan fingerprint density at radius 3 is 2.80 bits per heavy atom. The molecule has 7 nitrogen and oxygen atoms in total. The molecular weight excluding hydrogens is 271 g/mol. The molecule has 112 valence electrons. The van der Waals surface area contributed by atoms with Gasteiger partial charge in [0, 0.05) is 6.42 Å². The first-order valence-electron chi connectivity index (χ1n) is 6.21. The molecule has 0 aromatic carbocycles. The van der Waals surface area contributed by atoms with Gasteiger partial charge in [-0.2, -0.15) is 4.48 Å². The van der Waals surface area contributed by atoms with Gasteiger partial charge in [0.1, 0.15) is 30.6 Å². The summed E-state index contributed by atoms with van der Waals surface area (Å²) in [6.45, 7) is -0.492. The van der Waals surface area contributed by atoms with Crippen molar-refractivity contribution in [3.05, 3.63) is 12.3 Å². The van der Waals surface area contributed by atoms with Crippen LogP contribution in [0.4, 0.5) is 9.18 Å². The Kier molecular flexibility index (Phi) is 3.67. The molecule has 2 rings (SSSR count). The molecule has 3 N–H and O–H groups in total. The van der Waals surface area contributed by atoms with Gasteiger partial charge in [-0.1, -0.05) is 0 Å². The van der Waals surface area contributed by atoms with E-state index in [1.807, 2.05) is 0 Å². The van der Waals surface area contributed by atoms with Crippen molar-refractivity contribution in [3.63, 3.8) is 0 Å². The smallest absolute Gasteiger partial charge is 0.393 e. The van der Waals surface area contributed by atoms with Crippen molar-refractivity contribution in [2.24, 2.45) is 0 Å². The molecule has 8 heteroatoms. The molecule has 0 bridgehead atoms. The second-order valence-electron chi connectivity index (χ2n) is 5.72. The summed E-state index contributed by atoms with van der Waals surface area (Å²) in [4.78, 5) is 23.2. The van der Waals surface area contributed by atoms with Crippen LogP contribution in [0.15, 0.2) is 12.3 Å². The second kappa shape index (κ2) is 4.88. The summed E-state index contributed by atoms with van der Waals surface area (Å²) in [7, 11) is 0. The standard InChI is InChI=1S/C12H17FN2O5/c1-11(19)4-12(5-13,7-16)20-8-15(6-11)3-2-9(17)14-10(15)18/h2-3,16,19H,4-8H2,1H3/p+1/t11-,12-,15?/m1/s1. The number of nitrogens with zero attached hydrogens (tertiary/aromatic N) is 1. The molecule has 20 heavy (non-hydrogen) atoms. The van der Waals surface area contributed by atoms with E-state index in [9.17, 15) is 24.2 Å². The maximum absolute atomic E-state index is 13.2. The molecule has 1 fully saturated rings. The number of halogens is 1. The SMILES string of the molecule is C[C@@]1(O)C[C@](CO)(CF)OC[N+]2(C=CC(=O)NC2=O)C1. The lowest BCUT2D eigenvalue weighted by atomic mass is 9.89. The van der Waals surface area contributed by atoms with Crippen molar-refractivity contribution >= 4 is 11.9 Å². The number of aliphatic hydroxyl groups excluding tert-OH is 1. The second-order valence-corrected chi connectivity index (χ2v) is 5.72. The Hall–Kier alpha value is -1.35. The van der Waals surface area contributed by atoms with Crippen LogP contribution in [-0.4, -0.2) is 64.4 Å². The van der Waals surface area contributed by atoms with Crippen LogP contribution in [0.1, 0.15) is 13.3 Å². The monoisotopic (exact) mass is 289 g/mol. The van der Waals surface area contributed by atoms with E-state index in [0.29, 0.717) is 0 Å². The lowest BCUT2D eigenvalue weighted by molar-refractivity contribution is -0.827. The molecule has 3 amide bonds. The van der Waals surface area contributed by atoms with Crippen LogP contribution in [0, 0.1) is 0 Å². The summed E-state index contributed by atoms with van der Waals surface area (Å²) >= 11 is 0. The molecule has 2 aliphatic rings. The number of hydrogen-bond donors (Lipinski definition) is 3. The molecule has 1 unspecified atom stereocenters. The van der Waals surface area contributed by atoms with E-state index >= 15 is 0 Å². The van der Waals surface area contributed by atoms with E-state index in [2.05, 4.69) is 5.32 Å². The summed E-state index contributed by atoms with van der Waals surface area (Å²) in [6, 6.07) is -0.648. The zero-order valence-corrected chi connectivity index (χ0v) is 11.1. The molecular formula is C12H18FN2O5+. The number of amides is 3. The third-order valence-electron chi connectivity index (χ3n) is 3.60. The highest BCUT2D eigenvalue weighted by Crippen LogP contribution is 2.33. The summed E-state index contributed by atoms with van der Waals surface area (Å²) in [5, 5.41) is 21.8. The minimum Gasteiger partial charge on any atom is -0.393 e. The lowest BCUT2D eigenvalue weighted by Gasteiger charge is -2.34. The number of aliphatic hydroxyl groups is 2.